The molecule has 0 radical (unpaired) electrons. The smallest absolute Gasteiger partial charge is 0.247 e. The van der Waals surface area contributed by atoms with Crippen molar-refractivity contribution in [2.45, 2.75) is 51.2 Å². The van der Waals surface area contributed by atoms with Crippen LogP contribution in [0.2, 0.25) is 5.02 Å². The van der Waals surface area contributed by atoms with Crippen molar-refractivity contribution in [3.63, 3.8) is 0 Å². The third-order valence-corrected chi connectivity index (χ3v) is 6.44. The molecule has 166 valence electrons. The number of nitrogens with one attached hydrogen (secondary N) is 1. The van der Waals surface area contributed by atoms with Gasteiger partial charge in [0.1, 0.15) is 17.7 Å². The Morgan fingerprint density at radius 1 is 1.10 bits per heavy atom. The van der Waals surface area contributed by atoms with E-state index in [0.29, 0.717) is 22.1 Å². The first-order valence-corrected chi connectivity index (χ1v) is 11.4. The van der Waals surface area contributed by atoms with Crippen LogP contribution >= 0.6 is 23.2 Å². The number of amides is 2. The van der Waals surface area contributed by atoms with E-state index in [-0.39, 0.29) is 24.4 Å². The minimum atomic E-state index is -0.942. The fourth-order valence-electron chi connectivity index (χ4n) is 4.01. The number of alkyl halides is 1. The third kappa shape index (κ3) is 6.20. The number of hydrogen-bond donors (Lipinski definition) is 1. The fourth-order valence-corrected chi connectivity index (χ4v) is 4.36. The maximum absolute atomic E-state index is 13.6. The van der Waals surface area contributed by atoms with Crippen LogP contribution in [0.5, 0.6) is 0 Å². The molecule has 31 heavy (non-hydrogen) atoms. The summed E-state index contributed by atoms with van der Waals surface area (Å²) in [6, 6.07) is 11.9. The zero-order valence-electron chi connectivity index (χ0n) is 17.5. The topological polar surface area (TPSA) is 49.4 Å². The van der Waals surface area contributed by atoms with Gasteiger partial charge in [-0.15, -0.1) is 11.6 Å². The number of benzene rings is 2. The third-order valence-electron chi connectivity index (χ3n) is 5.84. The monoisotopic (exact) mass is 464 g/mol. The van der Waals surface area contributed by atoms with E-state index in [1.54, 1.807) is 18.2 Å². The Balaban J connectivity index is 1.93. The lowest BCUT2D eigenvalue weighted by molar-refractivity contribution is -0.140. The molecule has 0 unspecified atom stereocenters. The molecular formula is C24H27Cl2FN2O2. The summed E-state index contributed by atoms with van der Waals surface area (Å²) in [6.07, 6.45) is 3.90. The van der Waals surface area contributed by atoms with Crippen LogP contribution in [0.4, 0.5) is 4.39 Å². The van der Waals surface area contributed by atoms with Gasteiger partial charge in [-0.2, -0.15) is 0 Å². The highest BCUT2D eigenvalue weighted by Crippen LogP contribution is 2.29. The van der Waals surface area contributed by atoms with E-state index in [4.69, 9.17) is 23.2 Å². The SMILES string of the molecule is CC1CCC(NC(=O)[C@H](c2ccc(F)cc2)N(Cc2ccccc2Cl)C(=O)CCl)CC1. The first-order chi connectivity index (χ1) is 14.9. The van der Waals surface area contributed by atoms with Crippen molar-refractivity contribution in [1.29, 1.82) is 0 Å². The van der Waals surface area contributed by atoms with E-state index in [1.807, 2.05) is 6.07 Å². The average Bonchev–Trinajstić information content (AvgIpc) is 2.77. The van der Waals surface area contributed by atoms with Gasteiger partial charge in [-0.25, -0.2) is 4.39 Å². The van der Waals surface area contributed by atoms with E-state index in [1.165, 1.54) is 29.2 Å². The highest BCUT2D eigenvalue weighted by atomic mass is 35.5. The Hall–Kier alpha value is -2.11. The second kappa shape index (κ2) is 11.0. The molecule has 1 N–H and O–H groups in total. The van der Waals surface area contributed by atoms with E-state index in [2.05, 4.69) is 12.2 Å². The zero-order chi connectivity index (χ0) is 22.4. The van der Waals surface area contributed by atoms with Gasteiger partial charge in [0.25, 0.3) is 0 Å². The largest absolute Gasteiger partial charge is 0.351 e. The van der Waals surface area contributed by atoms with Crippen molar-refractivity contribution in [2.75, 3.05) is 5.88 Å². The Morgan fingerprint density at radius 3 is 2.35 bits per heavy atom. The molecule has 4 nitrogen and oxygen atoms in total. The number of hydrogen-bond acceptors (Lipinski definition) is 2. The molecule has 1 aliphatic carbocycles. The van der Waals surface area contributed by atoms with Crippen molar-refractivity contribution in [2.24, 2.45) is 5.92 Å². The molecule has 0 spiro atoms. The lowest BCUT2D eigenvalue weighted by atomic mass is 9.87. The maximum atomic E-state index is 13.6. The molecule has 1 saturated carbocycles. The molecule has 0 bridgehead atoms. The predicted molar refractivity (Wildman–Crippen MR) is 121 cm³/mol. The first kappa shape index (κ1) is 23.6. The minimum Gasteiger partial charge on any atom is -0.351 e. The Morgan fingerprint density at radius 2 is 1.74 bits per heavy atom. The molecule has 2 aromatic carbocycles. The molecule has 1 atom stereocenters. The lowest BCUT2D eigenvalue weighted by Crippen LogP contribution is -2.47. The average molecular weight is 465 g/mol. The number of carbonyl (C=O) groups is 2. The van der Waals surface area contributed by atoms with Gasteiger partial charge in [-0.3, -0.25) is 9.59 Å². The van der Waals surface area contributed by atoms with Crippen LogP contribution < -0.4 is 5.32 Å². The van der Waals surface area contributed by atoms with Gasteiger partial charge < -0.3 is 10.2 Å². The van der Waals surface area contributed by atoms with Gasteiger partial charge in [0.05, 0.1) is 0 Å². The van der Waals surface area contributed by atoms with Crippen molar-refractivity contribution in [3.05, 3.63) is 70.5 Å². The van der Waals surface area contributed by atoms with Crippen LogP contribution in [0.25, 0.3) is 0 Å². The molecule has 0 heterocycles. The summed E-state index contributed by atoms with van der Waals surface area (Å²) in [5, 5.41) is 3.60. The molecule has 2 aromatic rings. The quantitative estimate of drug-likeness (QED) is 0.551. The number of carbonyl (C=O) groups excluding carboxylic acids is 2. The van der Waals surface area contributed by atoms with Gasteiger partial charge in [0.2, 0.25) is 11.8 Å². The molecular weight excluding hydrogens is 438 g/mol. The molecule has 1 fully saturated rings. The normalized spacial score (nSPS) is 19.5. The van der Waals surface area contributed by atoms with E-state index < -0.39 is 17.8 Å². The second-order valence-corrected chi connectivity index (χ2v) is 8.84. The summed E-state index contributed by atoms with van der Waals surface area (Å²) in [5.74, 6) is -0.739. The highest BCUT2D eigenvalue weighted by Gasteiger charge is 2.33. The Labute approximate surface area is 192 Å². The van der Waals surface area contributed by atoms with Gasteiger partial charge in [0.15, 0.2) is 0 Å². The lowest BCUT2D eigenvalue weighted by Gasteiger charge is -2.34. The van der Waals surface area contributed by atoms with Gasteiger partial charge >= 0.3 is 0 Å². The first-order valence-electron chi connectivity index (χ1n) is 10.5. The van der Waals surface area contributed by atoms with Crippen LogP contribution in [0.15, 0.2) is 48.5 Å². The number of rotatable bonds is 7. The Kier molecular flexibility index (Phi) is 8.33. The number of halogens is 3. The van der Waals surface area contributed by atoms with E-state index in [0.717, 1.165) is 25.7 Å². The Bertz CT molecular complexity index is 899. The van der Waals surface area contributed by atoms with Crippen molar-refractivity contribution >= 4 is 35.0 Å². The summed E-state index contributed by atoms with van der Waals surface area (Å²) in [5.41, 5.74) is 1.22. The van der Waals surface area contributed by atoms with Gasteiger partial charge in [-0.1, -0.05) is 48.9 Å². The van der Waals surface area contributed by atoms with Gasteiger partial charge in [-0.05, 0) is 60.9 Å². The van der Waals surface area contributed by atoms with Crippen molar-refractivity contribution < 1.29 is 14.0 Å². The van der Waals surface area contributed by atoms with E-state index >= 15 is 0 Å². The summed E-state index contributed by atoms with van der Waals surface area (Å²) in [6.45, 7) is 2.33. The minimum absolute atomic E-state index is 0.0555. The van der Waals surface area contributed by atoms with Crippen LogP contribution in [-0.2, 0) is 16.1 Å². The van der Waals surface area contributed by atoms with Crippen LogP contribution in [-0.4, -0.2) is 28.6 Å². The van der Waals surface area contributed by atoms with Crippen molar-refractivity contribution in [1.82, 2.24) is 10.2 Å². The molecule has 1 aliphatic rings. The summed E-state index contributed by atoms with van der Waals surface area (Å²) in [7, 11) is 0. The standard InChI is InChI=1S/C24H27Cl2FN2O2/c1-16-6-12-20(13-7-16)28-24(31)23(17-8-10-19(27)11-9-17)29(22(30)14-25)15-18-4-2-3-5-21(18)26/h2-5,8-11,16,20,23H,6-7,12-15H2,1H3,(H,28,31)/t16?,20?,23-/m0/s1. The fraction of sp³-hybridized carbons (Fsp3) is 0.417. The van der Waals surface area contributed by atoms with Crippen LogP contribution in [0.3, 0.4) is 0 Å². The van der Waals surface area contributed by atoms with Crippen molar-refractivity contribution in [3.8, 4) is 0 Å². The summed E-state index contributed by atoms with van der Waals surface area (Å²) >= 11 is 12.2. The van der Waals surface area contributed by atoms with Crippen LogP contribution in [0, 0.1) is 11.7 Å². The molecule has 3 rings (SSSR count). The number of nitrogens with zero attached hydrogens (tertiary/aromatic N) is 1. The molecule has 7 heteroatoms. The molecule has 0 aromatic heterocycles. The van der Waals surface area contributed by atoms with Crippen LogP contribution in [0.1, 0.15) is 49.8 Å². The maximum Gasteiger partial charge on any atom is 0.247 e. The highest BCUT2D eigenvalue weighted by molar-refractivity contribution is 6.31. The molecule has 2 amide bonds. The zero-order valence-corrected chi connectivity index (χ0v) is 19.0. The molecule has 0 saturated heterocycles. The summed E-state index contributed by atoms with van der Waals surface area (Å²) < 4.78 is 13.6. The molecule has 0 aliphatic heterocycles. The second-order valence-electron chi connectivity index (χ2n) is 8.17. The van der Waals surface area contributed by atoms with Gasteiger partial charge in [0, 0.05) is 17.6 Å². The predicted octanol–water partition coefficient (Wildman–Crippen LogP) is 5.48. The van der Waals surface area contributed by atoms with E-state index in [9.17, 15) is 14.0 Å². The summed E-state index contributed by atoms with van der Waals surface area (Å²) in [4.78, 5) is 27.7.